The first-order chi connectivity index (χ1) is 12.4. The van der Waals surface area contributed by atoms with Crippen LogP contribution in [0.25, 0.3) is 0 Å². The number of anilines is 1. The van der Waals surface area contributed by atoms with Crippen LogP contribution in [0.15, 0.2) is 22.3 Å². The molecule has 2 fully saturated rings. The average molecular weight is 378 g/mol. The van der Waals surface area contributed by atoms with Gasteiger partial charge in [-0.25, -0.2) is 4.39 Å². The summed E-state index contributed by atoms with van der Waals surface area (Å²) < 4.78 is 14.4. The molecule has 0 radical (unpaired) electrons. The van der Waals surface area contributed by atoms with E-state index in [-0.39, 0.29) is 17.4 Å². The lowest BCUT2D eigenvalue weighted by atomic mass is 10.1. The van der Waals surface area contributed by atoms with Crippen LogP contribution in [0, 0.1) is 12.7 Å². The summed E-state index contributed by atoms with van der Waals surface area (Å²) >= 11 is 1.02. The number of hydrogen-bond acceptors (Lipinski definition) is 6. The normalized spacial score (nSPS) is 21.8. The molecule has 0 aliphatic carbocycles. The number of aliphatic carboxylic acids is 1. The molecule has 138 valence electrons. The van der Waals surface area contributed by atoms with Gasteiger partial charge in [-0.3, -0.25) is 9.59 Å². The summed E-state index contributed by atoms with van der Waals surface area (Å²) in [6.07, 6.45) is 3.30. The van der Waals surface area contributed by atoms with E-state index in [0.29, 0.717) is 11.3 Å². The van der Waals surface area contributed by atoms with E-state index >= 15 is 0 Å². The van der Waals surface area contributed by atoms with Crippen molar-refractivity contribution in [1.82, 2.24) is 5.32 Å². The van der Waals surface area contributed by atoms with Gasteiger partial charge in [0.1, 0.15) is 11.1 Å². The molecule has 2 heterocycles. The lowest BCUT2D eigenvalue weighted by Crippen LogP contribution is -2.26. The van der Waals surface area contributed by atoms with Crippen LogP contribution >= 0.6 is 11.8 Å². The molecule has 9 heteroatoms. The lowest BCUT2D eigenvalue weighted by molar-refractivity contribution is -0.138. The highest BCUT2D eigenvalue weighted by atomic mass is 32.2. The number of carbonyl (C=O) groups excluding carboxylic acids is 1. The van der Waals surface area contributed by atoms with Crippen molar-refractivity contribution in [3.05, 3.63) is 29.1 Å². The van der Waals surface area contributed by atoms with Crippen LogP contribution in [0.1, 0.15) is 30.4 Å². The van der Waals surface area contributed by atoms with E-state index in [1.165, 1.54) is 12.3 Å². The zero-order valence-corrected chi connectivity index (χ0v) is 15.1. The van der Waals surface area contributed by atoms with Crippen LogP contribution in [-0.4, -0.2) is 46.7 Å². The first-order valence-electron chi connectivity index (χ1n) is 8.29. The molecular weight excluding hydrogens is 359 g/mol. The quantitative estimate of drug-likeness (QED) is 0.605. The topological polar surface area (TPSA) is 94.4 Å². The van der Waals surface area contributed by atoms with Gasteiger partial charge in [-0.15, -0.1) is 5.10 Å². The lowest BCUT2D eigenvalue weighted by Gasteiger charge is -2.19. The fourth-order valence-corrected chi connectivity index (χ4v) is 3.82. The Morgan fingerprint density at radius 2 is 2.19 bits per heavy atom. The molecule has 1 atom stereocenters. The van der Waals surface area contributed by atoms with Crippen molar-refractivity contribution >= 4 is 40.7 Å². The van der Waals surface area contributed by atoms with Gasteiger partial charge in [0.25, 0.3) is 0 Å². The van der Waals surface area contributed by atoms with Crippen LogP contribution in [0.3, 0.4) is 0 Å². The molecule has 0 spiro atoms. The number of aryl methyl sites for hydroxylation is 1. The van der Waals surface area contributed by atoms with E-state index in [1.54, 1.807) is 0 Å². The molecule has 1 aromatic carbocycles. The fraction of sp³-hybridized carbons (Fsp3) is 0.412. The Bertz CT molecular complexity index is 790. The number of nitrogens with zero attached hydrogens (tertiary/aromatic N) is 3. The van der Waals surface area contributed by atoms with Gasteiger partial charge in [0, 0.05) is 18.7 Å². The van der Waals surface area contributed by atoms with Gasteiger partial charge in [-0.05, 0) is 37.5 Å². The summed E-state index contributed by atoms with van der Waals surface area (Å²) in [6.45, 7) is 3.61. The third kappa shape index (κ3) is 4.21. The first kappa shape index (κ1) is 18.4. The molecule has 2 aliphatic heterocycles. The first-order valence-corrected chi connectivity index (χ1v) is 9.17. The predicted molar refractivity (Wildman–Crippen MR) is 99.4 cm³/mol. The number of carboxylic acid groups (broad SMARTS) is 1. The Balaban J connectivity index is 1.70. The molecule has 2 N–H and O–H groups in total. The molecule has 0 bridgehead atoms. The molecule has 2 saturated heterocycles. The summed E-state index contributed by atoms with van der Waals surface area (Å²) in [5.41, 5.74) is 2.09. The number of rotatable bonds is 5. The van der Waals surface area contributed by atoms with Crippen LogP contribution in [0.4, 0.5) is 10.1 Å². The minimum atomic E-state index is -1.05. The maximum absolute atomic E-state index is 14.4. The highest BCUT2D eigenvalue weighted by molar-refractivity contribution is 8.15. The summed E-state index contributed by atoms with van der Waals surface area (Å²) in [7, 11) is 0. The molecule has 1 unspecified atom stereocenters. The van der Waals surface area contributed by atoms with Crippen molar-refractivity contribution in [2.24, 2.45) is 10.2 Å². The minimum absolute atomic E-state index is 0.240. The monoisotopic (exact) mass is 378 g/mol. The second-order valence-electron chi connectivity index (χ2n) is 6.20. The number of benzene rings is 1. The SMILES string of the molecule is Cc1cc(N2CCCC2)c(F)cc1C=NN=C1NC(=O)C(CC(=O)O)S1. The second kappa shape index (κ2) is 7.86. The number of hydrogen-bond donors (Lipinski definition) is 2. The molecule has 1 aromatic rings. The van der Waals surface area contributed by atoms with Gasteiger partial charge < -0.3 is 15.3 Å². The Hall–Kier alpha value is -2.42. The van der Waals surface area contributed by atoms with Crippen molar-refractivity contribution in [2.75, 3.05) is 18.0 Å². The zero-order valence-electron chi connectivity index (χ0n) is 14.2. The highest BCUT2D eigenvalue weighted by Gasteiger charge is 2.32. The highest BCUT2D eigenvalue weighted by Crippen LogP contribution is 2.26. The maximum atomic E-state index is 14.4. The maximum Gasteiger partial charge on any atom is 0.305 e. The number of nitrogens with one attached hydrogen (secondary N) is 1. The molecule has 26 heavy (non-hydrogen) atoms. The van der Waals surface area contributed by atoms with Crippen molar-refractivity contribution in [2.45, 2.75) is 31.4 Å². The van der Waals surface area contributed by atoms with Crippen molar-refractivity contribution in [1.29, 1.82) is 0 Å². The standard InChI is InChI=1S/C17H19FN4O3S/c1-10-6-13(22-4-2-3-5-22)12(18)7-11(10)9-19-21-17-20-16(25)14(26-17)8-15(23)24/h6-7,9,14H,2-5,8H2,1H3,(H,23,24)(H,20,21,25). The average Bonchev–Trinajstić information content (AvgIpc) is 3.21. The van der Waals surface area contributed by atoms with Crippen LogP contribution < -0.4 is 10.2 Å². The third-order valence-electron chi connectivity index (χ3n) is 4.26. The van der Waals surface area contributed by atoms with Crippen molar-refractivity contribution in [3.63, 3.8) is 0 Å². The number of carbonyl (C=O) groups is 2. The van der Waals surface area contributed by atoms with Gasteiger partial charge in [0.2, 0.25) is 5.91 Å². The number of halogens is 1. The number of amidine groups is 1. The molecule has 0 saturated carbocycles. The number of thioether (sulfide) groups is 1. The second-order valence-corrected chi connectivity index (χ2v) is 7.39. The van der Waals surface area contributed by atoms with Gasteiger partial charge in [-0.1, -0.05) is 11.8 Å². The minimum Gasteiger partial charge on any atom is -0.481 e. The van der Waals surface area contributed by atoms with Crippen molar-refractivity contribution < 1.29 is 19.1 Å². The predicted octanol–water partition coefficient (Wildman–Crippen LogP) is 2.13. The Kier molecular flexibility index (Phi) is 5.55. The molecule has 0 aromatic heterocycles. The smallest absolute Gasteiger partial charge is 0.305 e. The van der Waals surface area contributed by atoms with E-state index < -0.39 is 17.1 Å². The van der Waals surface area contributed by atoms with E-state index in [4.69, 9.17) is 5.11 Å². The summed E-state index contributed by atoms with van der Waals surface area (Å²) in [4.78, 5) is 24.4. The Labute approximate surface area is 154 Å². The molecule has 3 rings (SSSR count). The van der Waals surface area contributed by atoms with Gasteiger partial charge in [0.15, 0.2) is 5.17 Å². The van der Waals surface area contributed by atoms with Crippen LogP contribution in [0.2, 0.25) is 0 Å². The molecule has 7 nitrogen and oxygen atoms in total. The third-order valence-corrected chi connectivity index (χ3v) is 5.34. The molecule has 2 aliphatic rings. The van der Waals surface area contributed by atoms with E-state index in [1.807, 2.05) is 17.9 Å². The van der Waals surface area contributed by atoms with Crippen molar-refractivity contribution in [3.8, 4) is 0 Å². The molecular formula is C17H19FN4O3S. The van der Waals surface area contributed by atoms with E-state index in [2.05, 4.69) is 15.5 Å². The summed E-state index contributed by atoms with van der Waals surface area (Å²) in [5.74, 6) is -1.74. The Morgan fingerprint density at radius 1 is 1.46 bits per heavy atom. The number of amides is 1. The summed E-state index contributed by atoms with van der Waals surface area (Å²) in [6, 6.07) is 3.24. The zero-order chi connectivity index (χ0) is 18.7. The van der Waals surface area contributed by atoms with E-state index in [9.17, 15) is 14.0 Å². The number of carboxylic acids is 1. The van der Waals surface area contributed by atoms with Gasteiger partial charge in [-0.2, -0.15) is 5.10 Å². The van der Waals surface area contributed by atoms with Crippen LogP contribution in [-0.2, 0) is 9.59 Å². The van der Waals surface area contributed by atoms with Gasteiger partial charge >= 0.3 is 5.97 Å². The fourth-order valence-electron chi connectivity index (χ4n) is 2.91. The van der Waals surface area contributed by atoms with Crippen LogP contribution in [0.5, 0.6) is 0 Å². The summed E-state index contributed by atoms with van der Waals surface area (Å²) in [5, 5.41) is 18.6. The van der Waals surface area contributed by atoms with Gasteiger partial charge in [0.05, 0.1) is 18.3 Å². The van der Waals surface area contributed by atoms with E-state index in [0.717, 1.165) is 43.3 Å². The Morgan fingerprint density at radius 3 is 2.88 bits per heavy atom. The largest absolute Gasteiger partial charge is 0.481 e. The molecule has 1 amide bonds.